The highest BCUT2D eigenvalue weighted by Gasteiger charge is 2.37. The number of benzene rings is 2. The predicted octanol–water partition coefficient (Wildman–Crippen LogP) is 5.44. The minimum Gasteiger partial charge on any atom is -0.494 e. The van der Waals surface area contributed by atoms with Crippen LogP contribution in [-0.4, -0.2) is 17.9 Å². The zero-order valence-corrected chi connectivity index (χ0v) is 15.7. The van der Waals surface area contributed by atoms with Crippen molar-refractivity contribution in [2.24, 2.45) is 5.10 Å². The van der Waals surface area contributed by atoms with Crippen LogP contribution in [0.2, 0.25) is 0 Å². The summed E-state index contributed by atoms with van der Waals surface area (Å²) in [6.45, 7) is 2.36. The monoisotopic (exact) mass is 435 g/mol. The molecule has 29 heavy (non-hydrogen) atoms. The molecule has 0 aliphatic carbocycles. The third-order valence-corrected chi connectivity index (χ3v) is 3.61. The molecular formula is C18H15F6N3OS. The van der Waals surface area contributed by atoms with Crippen LogP contribution < -0.4 is 15.5 Å². The summed E-state index contributed by atoms with van der Waals surface area (Å²) in [6, 6.07) is 7.92. The number of anilines is 1. The number of hydrogen-bond donors (Lipinski definition) is 2. The van der Waals surface area contributed by atoms with E-state index in [1.54, 1.807) is 24.3 Å². The summed E-state index contributed by atoms with van der Waals surface area (Å²) < 4.78 is 82.5. The molecule has 0 heterocycles. The van der Waals surface area contributed by atoms with Crippen molar-refractivity contribution in [3.63, 3.8) is 0 Å². The molecule has 0 aliphatic rings. The number of hydrogen-bond acceptors (Lipinski definition) is 3. The van der Waals surface area contributed by atoms with Gasteiger partial charge in [-0.05, 0) is 67.2 Å². The normalized spacial score (nSPS) is 12.1. The lowest BCUT2D eigenvalue weighted by Crippen LogP contribution is -2.24. The fourth-order valence-corrected chi connectivity index (χ4v) is 2.34. The predicted molar refractivity (Wildman–Crippen MR) is 101 cm³/mol. The van der Waals surface area contributed by atoms with Gasteiger partial charge in [-0.25, -0.2) is 0 Å². The molecule has 0 unspecified atom stereocenters. The van der Waals surface area contributed by atoms with Gasteiger partial charge in [-0.3, -0.25) is 5.43 Å². The SMILES string of the molecule is CCOc1ccc(/C=N\NC(=S)Nc2cc(C(F)(F)F)cc(C(F)(F)F)c2)cc1. The number of nitrogens with one attached hydrogen (secondary N) is 2. The van der Waals surface area contributed by atoms with Crippen LogP contribution in [0.3, 0.4) is 0 Å². The van der Waals surface area contributed by atoms with Gasteiger partial charge >= 0.3 is 12.4 Å². The summed E-state index contributed by atoms with van der Waals surface area (Å²) in [5, 5.41) is 5.78. The number of ether oxygens (including phenoxy) is 1. The molecule has 0 amide bonds. The maximum absolute atomic E-state index is 12.9. The fourth-order valence-electron chi connectivity index (χ4n) is 2.17. The molecule has 0 fully saturated rings. The Balaban J connectivity index is 2.07. The highest BCUT2D eigenvalue weighted by atomic mass is 32.1. The molecule has 2 aromatic carbocycles. The summed E-state index contributed by atoms with van der Waals surface area (Å²) in [7, 11) is 0. The Morgan fingerprint density at radius 3 is 2.03 bits per heavy atom. The molecule has 0 saturated heterocycles. The molecule has 0 radical (unpaired) electrons. The number of rotatable bonds is 5. The Kier molecular flexibility index (Phi) is 7.07. The highest BCUT2D eigenvalue weighted by Crippen LogP contribution is 2.37. The topological polar surface area (TPSA) is 45.6 Å². The van der Waals surface area contributed by atoms with Crippen LogP contribution in [0.5, 0.6) is 5.75 Å². The first-order chi connectivity index (χ1) is 13.5. The van der Waals surface area contributed by atoms with Crippen molar-refractivity contribution >= 4 is 29.2 Å². The van der Waals surface area contributed by atoms with Crippen molar-refractivity contribution in [3.05, 3.63) is 59.2 Å². The minimum atomic E-state index is -4.95. The lowest BCUT2D eigenvalue weighted by molar-refractivity contribution is -0.143. The lowest BCUT2D eigenvalue weighted by atomic mass is 10.1. The Labute approximate surface area is 167 Å². The second-order valence-electron chi connectivity index (χ2n) is 5.62. The van der Waals surface area contributed by atoms with Crippen molar-refractivity contribution < 1.29 is 31.1 Å². The number of hydrazone groups is 1. The lowest BCUT2D eigenvalue weighted by Gasteiger charge is -2.15. The van der Waals surface area contributed by atoms with E-state index >= 15 is 0 Å². The second-order valence-corrected chi connectivity index (χ2v) is 6.03. The number of thiocarbonyl (C=S) groups is 1. The molecule has 4 nitrogen and oxygen atoms in total. The van der Waals surface area contributed by atoms with E-state index in [0.717, 1.165) is 0 Å². The summed E-state index contributed by atoms with van der Waals surface area (Å²) in [5.74, 6) is 0.666. The van der Waals surface area contributed by atoms with Gasteiger partial charge < -0.3 is 10.1 Å². The second kappa shape index (κ2) is 9.12. The van der Waals surface area contributed by atoms with E-state index in [1.165, 1.54) is 6.21 Å². The summed E-state index contributed by atoms with van der Waals surface area (Å²) in [4.78, 5) is 0. The quantitative estimate of drug-likeness (QED) is 0.284. The van der Waals surface area contributed by atoms with Crippen LogP contribution in [0.1, 0.15) is 23.6 Å². The number of nitrogens with zero attached hydrogens (tertiary/aromatic N) is 1. The average Bonchev–Trinajstić information content (AvgIpc) is 2.61. The van der Waals surface area contributed by atoms with Gasteiger partial charge in [0.2, 0.25) is 0 Å². The minimum absolute atomic E-state index is 0.0335. The van der Waals surface area contributed by atoms with Gasteiger partial charge in [-0.15, -0.1) is 0 Å². The molecule has 2 rings (SSSR count). The van der Waals surface area contributed by atoms with Crippen LogP contribution in [0.4, 0.5) is 32.0 Å². The molecular weight excluding hydrogens is 420 g/mol. The maximum atomic E-state index is 12.9. The molecule has 0 aromatic heterocycles. The van der Waals surface area contributed by atoms with E-state index in [-0.39, 0.29) is 11.2 Å². The van der Waals surface area contributed by atoms with Gasteiger partial charge in [0.1, 0.15) is 5.75 Å². The van der Waals surface area contributed by atoms with Gasteiger partial charge in [-0.2, -0.15) is 31.4 Å². The molecule has 0 atom stereocenters. The Morgan fingerprint density at radius 2 is 1.55 bits per heavy atom. The Morgan fingerprint density at radius 1 is 1.00 bits per heavy atom. The van der Waals surface area contributed by atoms with Gasteiger partial charge in [0.15, 0.2) is 5.11 Å². The third-order valence-electron chi connectivity index (χ3n) is 3.42. The summed E-state index contributed by atoms with van der Waals surface area (Å²) >= 11 is 4.86. The Bertz CT molecular complexity index is 846. The van der Waals surface area contributed by atoms with Crippen molar-refractivity contribution in [2.75, 3.05) is 11.9 Å². The van der Waals surface area contributed by atoms with E-state index in [9.17, 15) is 26.3 Å². The Hall–Kier alpha value is -2.82. The van der Waals surface area contributed by atoms with Gasteiger partial charge in [-0.1, -0.05) is 0 Å². The molecule has 2 aromatic rings. The first kappa shape index (κ1) is 22.5. The van der Waals surface area contributed by atoms with Crippen molar-refractivity contribution in [1.29, 1.82) is 0 Å². The molecule has 2 N–H and O–H groups in total. The summed E-state index contributed by atoms with van der Waals surface area (Å²) in [6.07, 6.45) is -8.52. The molecule has 0 spiro atoms. The van der Waals surface area contributed by atoms with E-state index in [2.05, 4.69) is 15.8 Å². The molecule has 11 heteroatoms. The van der Waals surface area contributed by atoms with E-state index < -0.39 is 29.2 Å². The van der Waals surface area contributed by atoms with Crippen LogP contribution in [-0.2, 0) is 12.4 Å². The van der Waals surface area contributed by atoms with Crippen molar-refractivity contribution in [2.45, 2.75) is 19.3 Å². The molecule has 0 bridgehead atoms. The van der Waals surface area contributed by atoms with Crippen molar-refractivity contribution in [3.8, 4) is 5.75 Å². The molecule has 0 aliphatic heterocycles. The smallest absolute Gasteiger partial charge is 0.416 e. The number of halogens is 6. The van der Waals surface area contributed by atoms with E-state index in [0.29, 0.717) is 30.1 Å². The van der Waals surface area contributed by atoms with Gasteiger partial charge in [0.25, 0.3) is 0 Å². The molecule has 156 valence electrons. The number of alkyl halides is 6. The first-order valence-electron chi connectivity index (χ1n) is 8.11. The van der Waals surface area contributed by atoms with Gasteiger partial charge in [0, 0.05) is 5.69 Å². The van der Waals surface area contributed by atoms with Crippen LogP contribution in [0.25, 0.3) is 0 Å². The maximum Gasteiger partial charge on any atom is 0.416 e. The summed E-state index contributed by atoms with van der Waals surface area (Å²) in [5.41, 5.74) is -0.368. The molecule has 0 saturated carbocycles. The fraction of sp³-hybridized carbons (Fsp3) is 0.222. The average molecular weight is 435 g/mol. The largest absolute Gasteiger partial charge is 0.494 e. The first-order valence-corrected chi connectivity index (χ1v) is 8.52. The van der Waals surface area contributed by atoms with Crippen molar-refractivity contribution in [1.82, 2.24) is 5.43 Å². The van der Waals surface area contributed by atoms with E-state index in [4.69, 9.17) is 17.0 Å². The van der Waals surface area contributed by atoms with E-state index in [1.807, 2.05) is 6.92 Å². The standard InChI is InChI=1S/C18H15F6N3OS/c1-2-28-15-5-3-11(4-6-15)10-25-27-16(29)26-14-8-12(17(19,20)21)7-13(9-14)18(22,23)24/h3-10H,2H2,1H3,(H2,26,27,29)/b25-10-. The zero-order valence-electron chi connectivity index (χ0n) is 14.9. The third kappa shape index (κ3) is 6.93. The van der Waals surface area contributed by atoms with Crippen LogP contribution in [0, 0.1) is 0 Å². The van der Waals surface area contributed by atoms with Gasteiger partial charge in [0.05, 0.1) is 23.9 Å². The van der Waals surface area contributed by atoms with Crippen LogP contribution in [0.15, 0.2) is 47.6 Å². The zero-order chi connectivity index (χ0) is 21.7. The highest BCUT2D eigenvalue weighted by molar-refractivity contribution is 7.80. The van der Waals surface area contributed by atoms with Crippen LogP contribution >= 0.6 is 12.2 Å².